The van der Waals surface area contributed by atoms with E-state index in [0.29, 0.717) is 5.88 Å². The van der Waals surface area contributed by atoms with E-state index in [0.717, 1.165) is 44.8 Å². The van der Waals surface area contributed by atoms with E-state index >= 15 is 0 Å². The summed E-state index contributed by atoms with van der Waals surface area (Å²) in [6.45, 7) is 4.99. The molecule has 2 nitrogen and oxygen atoms in total. The van der Waals surface area contributed by atoms with Crippen molar-refractivity contribution >= 4 is 28.9 Å². The molecular weight excluding hydrogens is 274 g/mol. The SMILES string of the molecule is Fc1ccc(N2CCN(CCCCl)CC2)cc1Cl. The highest BCUT2D eigenvalue weighted by Crippen LogP contribution is 2.23. The first-order chi connectivity index (χ1) is 8.70. The van der Waals surface area contributed by atoms with Crippen LogP contribution >= 0.6 is 23.2 Å². The summed E-state index contributed by atoms with van der Waals surface area (Å²) in [6, 6.07) is 4.92. The molecule has 0 aliphatic carbocycles. The number of piperazine rings is 1. The lowest BCUT2D eigenvalue weighted by Crippen LogP contribution is -2.46. The average Bonchev–Trinajstić information content (AvgIpc) is 2.40. The molecule has 0 bridgehead atoms. The normalized spacial score (nSPS) is 17.2. The second-order valence-electron chi connectivity index (χ2n) is 4.47. The lowest BCUT2D eigenvalue weighted by Gasteiger charge is -2.36. The molecule has 1 aliphatic heterocycles. The molecule has 0 spiro atoms. The molecule has 0 amide bonds. The van der Waals surface area contributed by atoms with Crippen LogP contribution < -0.4 is 4.90 Å². The van der Waals surface area contributed by atoms with Crippen LogP contribution in [0.25, 0.3) is 0 Å². The smallest absolute Gasteiger partial charge is 0.141 e. The van der Waals surface area contributed by atoms with E-state index in [2.05, 4.69) is 9.80 Å². The van der Waals surface area contributed by atoms with Crippen molar-refractivity contribution in [1.29, 1.82) is 0 Å². The Hall–Kier alpha value is -0.510. The molecule has 0 aromatic heterocycles. The molecular formula is C13H17Cl2FN2. The van der Waals surface area contributed by atoms with Crippen LogP contribution in [0.5, 0.6) is 0 Å². The summed E-state index contributed by atoms with van der Waals surface area (Å²) in [5.74, 6) is 0.356. The van der Waals surface area contributed by atoms with Gasteiger partial charge in [0, 0.05) is 37.7 Å². The molecule has 0 atom stereocenters. The van der Waals surface area contributed by atoms with Crippen LogP contribution in [0.2, 0.25) is 5.02 Å². The van der Waals surface area contributed by atoms with Crippen LogP contribution in [0.15, 0.2) is 18.2 Å². The van der Waals surface area contributed by atoms with E-state index in [-0.39, 0.29) is 10.8 Å². The van der Waals surface area contributed by atoms with Crippen LogP contribution in [0.1, 0.15) is 6.42 Å². The maximum Gasteiger partial charge on any atom is 0.141 e. The Labute approximate surface area is 117 Å². The topological polar surface area (TPSA) is 6.48 Å². The van der Waals surface area contributed by atoms with Gasteiger partial charge in [0.15, 0.2) is 0 Å². The van der Waals surface area contributed by atoms with Gasteiger partial charge in [-0.2, -0.15) is 0 Å². The predicted molar refractivity (Wildman–Crippen MR) is 75.4 cm³/mol. The van der Waals surface area contributed by atoms with Crippen molar-refractivity contribution in [3.63, 3.8) is 0 Å². The van der Waals surface area contributed by atoms with Gasteiger partial charge in [-0.25, -0.2) is 4.39 Å². The molecule has 5 heteroatoms. The number of halogens is 3. The number of hydrogen-bond acceptors (Lipinski definition) is 2. The largest absolute Gasteiger partial charge is 0.369 e. The van der Waals surface area contributed by atoms with E-state index < -0.39 is 0 Å². The zero-order valence-electron chi connectivity index (χ0n) is 10.2. The highest BCUT2D eigenvalue weighted by molar-refractivity contribution is 6.31. The van der Waals surface area contributed by atoms with Gasteiger partial charge in [0.2, 0.25) is 0 Å². The van der Waals surface area contributed by atoms with Gasteiger partial charge in [-0.3, -0.25) is 4.90 Å². The molecule has 1 heterocycles. The van der Waals surface area contributed by atoms with Gasteiger partial charge in [-0.05, 0) is 31.2 Å². The molecule has 18 heavy (non-hydrogen) atoms. The molecule has 2 rings (SSSR count). The Balaban J connectivity index is 1.90. The molecule has 100 valence electrons. The zero-order chi connectivity index (χ0) is 13.0. The van der Waals surface area contributed by atoms with Crippen molar-refractivity contribution < 1.29 is 4.39 Å². The van der Waals surface area contributed by atoms with E-state index in [4.69, 9.17) is 23.2 Å². The Kier molecular flexibility index (Phi) is 5.10. The maximum atomic E-state index is 13.1. The first-order valence-electron chi connectivity index (χ1n) is 6.19. The standard InChI is InChI=1S/C13H17Cl2FN2/c14-4-1-5-17-6-8-18(9-7-17)11-2-3-13(16)12(15)10-11/h2-3,10H,1,4-9H2. The summed E-state index contributed by atoms with van der Waals surface area (Å²) < 4.78 is 13.1. The molecule has 0 unspecified atom stereocenters. The second kappa shape index (κ2) is 6.60. The fourth-order valence-corrected chi connectivity index (χ4v) is 2.49. The van der Waals surface area contributed by atoms with Crippen LogP contribution in [0, 0.1) is 5.82 Å². The number of rotatable bonds is 4. The van der Waals surface area contributed by atoms with Crippen LogP contribution in [-0.2, 0) is 0 Å². The number of hydrogen-bond donors (Lipinski definition) is 0. The number of benzene rings is 1. The van der Waals surface area contributed by atoms with Gasteiger partial charge in [0.1, 0.15) is 5.82 Å². The Morgan fingerprint density at radius 3 is 2.50 bits per heavy atom. The van der Waals surface area contributed by atoms with Gasteiger partial charge >= 0.3 is 0 Å². The minimum Gasteiger partial charge on any atom is -0.369 e. The zero-order valence-corrected chi connectivity index (χ0v) is 11.7. The lowest BCUT2D eigenvalue weighted by atomic mass is 10.2. The average molecular weight is 291 g/mol. The van der Waals surface area contributed by atoms with Gasteiger partial charge in [-0.15, -0.1) is 11.6 Å². The van der Waals surface area contributed by atoms with Gasteiger partial charge in [-0.1, -0.05) is 11.6 Å². The molecule has 1 fully saturated rings. The highest BCUT2D eigenvalue weighted by atomic mass is 35.5. The van der Waals surface area contributed by atoms with E-state index in [1.165, 1.54) is 6.07 Å². The molecule has 1 aromatic rings. The summed E-state index contributed by atoms with van der Waals surface area (Å²) in [6.07, 6.45) is 1.03. The van der Waals surface area contributed by atoms with Crippen LogP contribution in [-0.4, -0.2) is 43.5 Å². The number of alkyl halides is 1. The molecule has 0 saturated carbocycles. The summed E-state index contributed by atoms with van der Waals surface area (Å²) in [5.41, 5.74) is 0.999. The third-order valence-electron chi connectivity index (χ3n) is 3.25. The van der Waals surface area contributed by atoms with Gasteiger partial charge in [0.25, 0.3) is 0 Å². The molecule has 0 N–H and O–H groups in total. The van der Waals surface area contributed by atoms with Gasteiger partial charge < -0.3 is 4.90 Å². The minimum atomic E-state index is -0.360. The predicted octanol–water partition coefficient (Wildman–Crippen LogP) is 3.23. The first kappa shape index (κ1) is 13.9. The highest BCUT2D eigenvalue weighted by Gasteiger charge is 2.17. The summed E-state index contributed by atoms with van der Waals surface area (Å²) in [7, 11) is 0. The monoisotopic (exact) mass is 290 g/mol. The van der Waals surface area contributed by atoms with Gasteiger partial charge in [0.05, 0.1) is 5.02 Å². The molecule has 1 aliphatic rings. The van der Waals surface area contributed by atoms with Crippen LogP contribution in [0.4, 0.5) is 10.1 Å². The van der Waals surface area contributed by atoms with Crippen molar-refractivity contribution in [2.24, 2.45) is 0 Å². The number of nitrogens with zero attached hydrogens (tertiary/aromatic N) is 2. The number of anilines is 1. The quantitative estimate of drug-likeness (QED) is 0.786. The van der Waals surface area contributed by atoms with Crippen molar-refractivity contribution in [1.82, 2.24) is 4.90 Å². The minimum absolute atomic E-state index is 0.192. The van der Waals surface area contributed by atoms with E-state index in [1.807, 2.05) is 0 Å². The Bertz CT molecular complexity index is 393. The summed E-state index contributed by atoms with van der Waals surface area (Å²) >= 11 is 11.5. The van der Waals surface area contributed by atoms with Crippen molar-refractivity contribution in [3.8, 4) is 0 Å². The third kappa shape index (κ3) is 3.50. The Morgan fingerprint density at radius 1 is 1.17 bits per heavy atom. The van der Waals surface area contributed by atoms with Crippen molar-refractivity contribution in [3.05, 3.63) is 29.0 Å². The molecule has 1 saturated heterocycles. The summed E-state index contributed by atoms with van der Waals surface area (Å²) in [4.78, 5) is 4.65. The van der Waals surface area contributed by atoms with Crippen molar-refractivity contribution in [2.45, 2.75) is 6.42 Å². The fraction of sp³-hybridized carbons (Fsp3) is 0.538. The Morgan fingerprint density at radius 2 is 1.89 bits per heavy atom. The summed E-state index contributed by atoms with van der Waals surface area (Å²) in [5, 5.41) is 0.192. The van der Waals surface area contributed by atoms with Crippen LogP contribution in [0.3, 0.4) is 0 Å². The van der Waals surface area contributed by atoms with Crippen molar-refractivity contribution in [2.75, 3.05) is 43.5 Å². The second-order valence-corrected chi connectivity index (χ2v) is 5.25. The molecule has 1 aromatic carbocycles. The molecule has 0 radical (unpaired) electrons. The first-order valence-corrected chi connectivity index (χ1v) is 7.10. The fourth-order valence-electron chi connectivity index (χ4n) is 2.19. The maximum absolute atomic E-state index is 13.1. The third-order valence-corrected chi connectivity index (χ3v) is 3.81. The van der Waals surface area contributed by atoms with E-state index in [1.54, 1.807) is 12.1 Å². The lowest BCUT2D eigenvalue weighted by molar-refractivity contribution is 0.259. The van der Waals surface area contributed by atoms with E-state index in [9.17, 15) is 4.39 Å².